The normalized spacial score (nSPS) is 22.2. The van der Waals surface area contributed by atoms with Gasteiger partial charge in [0.15, 0.2) is 0 Å². The highest BCUT2D eigenvalue weighted by atomic mass is 35.5. The van der Waals surface area contributed by atoms with Gasteiger partial charge in [0.05, 0.1) is 18.8 Å². The first-order valence-corrected chi connectivity index (χ1v) is 11.6. The quantitative estimate of drug-likeness (QED) is 0.738. The van der Waals surface area contributed by atoms with Crippen LogP contribution in [0.3, 0.4) is 0 Å². The molecule has 0 radical (unpaired) electrons. The third-order valence-corrected chi connectivity index (χ3v) is 6.70. The average molecular weight is 442 g/mol. The van der Waals surface area contributed by atoms with Gasteiger partial charge in [0, 0.05) is 43.8 Å². The summed E-state index contributed by atoms with van der Waals surface area (Å²) in [5, 5.41) is 4.02. The van der Waals surface area contributed by atoms with E-state index in [-0.39, 0.29) is 24.1 Å². The lowest BCUT2D eigenvalue weighted by molar-refractivity contribution is -0.130. The number of ether oxygens (including phenoxy) is 1. The van der Waals surface area contributed by atoms with Crippen LogP contribution >= 0.6 is 11.6 Å². The molecule has 2 fully saturated rings. The van der Waals surface area contributed by atoms with E-state index in [0.717, 1.165) is 49.6 Å². The molecule has 0 bridgehead atoms. The number of morpholine rings is 1. The Kier molecular flexibility index (Phi) is 7.62. The van der Waals surface area contributed by atoms with Crippen molar-refractivity contribution in [3.8, 4) is 0 Å². The van der Waals surface area contributed by atoms with Crippen LogP contribution in [0.25, 0.3) is 0 Å². The lowest BCUT2D eigenvalue weighted by Crippen LogP contribution is -2.53. The summed E-state index contributed by atoms with van der Waals surface area (Å²) in [6, 6.07) is 18.5. The lowest BCUT2D eigenvalue weighted by Gasteiger charge is -2.38. The Morgan fingerprint density at radius 1 is 1.10 bits per heavy atom. The number of benzene rings is 2. The van der Waals surface area contributed by atoms with Crippen LogP contribution in [0.2, 0.25) is 5.02 Å². The zero-order chi connectivity index (χ0) is 21.6. The van der Waals surface area contributed by atoms with Crippen molar-refractivity contribution < 1.29 is 9.53 Å². The Labute approximate surface area is 190 Å². The molecule has 31 heavy (non-hydrogen) atoms. The second-order valence-electron chi connectivity index (χ2n) is 8.63. The zero-order valence-electron chi connectivity index (χ0n) is 18.2. The van der Waals surface area contributed by atoms with Crippen molar-refractivity contribution in [2.45, 2.75) is 44.5 Å². The van der Waals surface area contributed by atoms with Crippen molar-refractivity contribution in [1.82, 2.24) is 15.1 Å². The summed E-state index contributed by atoms with van der Waals surface area (Å²) in [7, 11) is 0. The molecule has 2 atom stereocenters. The van der Waals surface area contributed by atoms with Gasteiger partial charge >= 0.3 is 0 Å². The maximum absolute atomic E-state index is 12.9. The summed E-state index contributed by atoms with van der Waals surface area (Å²) >= 11 is 6.01. The third kappa shape index (κ3) is 6.07. The van der Waals surface area contributed by atoms with Crippen LogP contribution < -0.4 is 5.32 Å². The summed E-state index contributed by atoms with van der Waals surface area (Å²) in [6.07, 6.45) is 1.98. The third-order valence-electron chi connectivity index (χ3n) is 6.45. The van der Waals surface area contributed by atoms with Crippen LogP contribution in [0, 0.1) is 0 Å². The number of piperidine rings is 1. The molecule has 2 aliphatic rings. The van der Waals surface area contributed by atoms with E-state index < -0.39 is 0 Å². The van der Waals surface area contributed by atoms with Crippen molar-refractivity contribution in [3.63, 3.8) is 0 Å². The minimum absolute atomic E-state index is 0.0255. The van der Waals surface area contributed by atoms with Crippen LogP contribution in [-0.4, -0.2) is 60.6 Å². The molecule has 166 valence electrons. The first kappa shape index (κ1) is 22.3. The Hall–Kier alpha value is -1.92. The molecule has 0 spiro atoms. The molecule has 2 aromatic carbocycles. The molecule has 2 heterocycles. The summed E-state index contributed by atoms with van der Waals surface area (Å²) in [5.41, 5.74) is 2.45. The maximum Gasteiger partial charge on any atom is 0.237 e. The molecule has 0 aliphatic carbocycles. The van der Waals surface area contributed by atoms with E-state index in [1.54, 1.807) is 0 Å². The topological polar surface area (TPSA) is 44.8 Å². The van der Waals surface area contributed by atoms with E-state index in [4.69, 9.17) is 16.3 Å². The number of likely N-dealkylation sites (tertiary alicyclic amines) is 1. The highest BCUT2D eigenvalue weighted by molar-refractivity contribution is 6.30. The van der Waals surface area contributed by atoms with E-state index in [2.05, 4.69) is 45.4 Å². The Morgan fingerprint density at radius 3 is 2.52 bits per heavy atom. The number of carbonyl (C=O) groups is 1. The van der Waals surface area contributed by atoms with E-state index in [1.165, 1.54) is 5.56 Å². The molecule has 5 nitrogen and oxygen atoms in total. The fourth-order valence-corrected chi connectivity index (χ4v) is 4.59. The van der Waals surface area contributed by atoms with Gasteiger partial charge in [-0.25, -0.2) is 0 Å². The molecule has 2 aliphatic heterocycles. The van der Waals surface area contributed by atoms with Crippen LogP contribution in [-0.2, 0) is 16.1 Å². The number of amides is 1. The molecular weight excluding hydrogens is 410 g/mol. The molecule has 2 saturated heterocycles. The molecule has 1 N–H and O–H groups in total. The van der Waals surface area contributed by atoms with Gasteiger partial charge in [0.2, 0.25) is 5.91 Å². The molecule has 2 aromatic rings. The number of halogens is 1. The number of hydrogen-bond acceptors (Lipinski definition) is 4. The van der Waals surface area contributed by atoms with Crippen molar-refractivity contribution in [2.24, 2.45) is 0 Å². The van der Waals surface area contributed by atoms with Crippen LogP contribution in [0.5, 0.6) is 0 Å². The predicted molar refractivity (Wildman–Crippen MR) is 124 cm³/mol. The van der Waals surface area contributed by atoms with Gasteiger partial charge in [0.1, 0.15) is 0 Å². The predicted octanol–water partition coefficient (Wildman–Crippen LogP) is 3.88. The molecule has 0 saturated carbocycles. The van der Waals surface area contributed by atoms with Gasteiger partial charge in [-0.15, -0.1) is 0 Å². The lowest BCUT2D eigenvalue weighted by atomic mass is 10.0. The van der Waals surface area contributed by atoms with Gasteiger partial charge in [0.25, 0.3) is 0 Å². The molecule has 6 heteroatoms. The second kappa shape index (κ2) is 10.6. The van der Waals surface area contributed by atoms with Crippen molar-refractivity contribution in [1.29, 1.82) is 0 Å². The first-order chi connectivity index (χ1) is 15.1. The summed E-state index contributed by atoms with van der Waals surface area (Å²) in [5.74, 6) is 0.123. The molecule has 1 amide bonds. The number of carbonyl (C=O) groups excluding carboxylic acids is 1. The van der Waals surface area contributed by atoms with E-state index in [0.29, 0.717) is 13.2 Å². The van der Waals surface area contributed by atoms with E-state index >= 15 is 0 Å². The van der Waals surface area contributed by atoms with Crippen molar-refractivity contribution >= 4 is 17.5 Å². The molecule has 0 aromatic heterocycles. The highest BCUT2D eigenvalue weighted by Crippen LogP contribution is 2.25. The smallest absolute Gasteiger partial charge is 0.237 e. The summed E-state index contributed by atoms with van der Waals surface area (Å²) in [6.45, 7) is 7.14. The van der Waals surface area contributed by atoms with Crippen LogP contribution in [0.4, 0.5) is 0 Å². The van der Waals surface area contributed by atoms with Crippen molar-refractivity contribution in [3.05, 3.63) is 70.7 Å². The second-order valence-corrected chi connectivity index (χ2v) is 9.06. The highest BCUT2D eigenvalue weighted by Gasteiger charge is 2.30. The Bertz CT molecular complexity index is 838. The summed E-state index contributed by atoms with van der Waals surface area (Å²) in [4.78, 5) is 17.6. The minimum atomic E-state index is -0.166. The van der Waals surface area contributed by atoms with Crippen LogP contribution in [0.1, 0.15) is 37.0 Å². The fourth-order valence-electron chi connectivity index (χ4n) is 4.46. The molecule has 4 rings (SSSR count). The Balaban J connectivity index is 1.24. The largest absolute Gasteiger partial charge is 0.371 e. The first-order valence-electron chi connectivity index (χ1n) is 11.3. The number of nitrogens with one attached hydrogen (secondary N) is 1. The van der Waals surface area contributed by atoms with Gasteiger partial charge in [-0.1, -0.05) is 54.1 Å². The minimum Gasteiger partial charge on any atom is -0.371 e. The Morgan fingerprint density at radius 2 is 1.81 bits per heavy atom. The van der Waals surface area contributed by atoms with Gasteiger partial charge < -0.3 is 10.1 Å². The van der Waals surface area contributed by atoms with Gasteiger partial charge in [-0.2, -0.15) is 0 Å². The maximum atomic E-state index is 12.9. The average Bonchev–Trinajstić information content (AvgIpc) is 2.81. The zero-order valence-corrected chi connectivity index (χ0v) is 18.9. The SMILES string of the molecule is C[C@@H](C(=O)NC1CCN(Cc2ccccc2)CC1)N1CCO[C@@H](c2ccc(Cl)cc2)C1. The van der Waals surface area contributed by atoms with Gasteiger partial charge in [-0.05, 0) is 43.0 Å². The number of rotatable bonds is 6. The van der Waals surface area contributed by atoms with Crippen LogP contribution in [0.15, 0.2) is 54.6 Å². The summed E-state index contributed by atoms with van der Waals surface area (Å²) < 4.78 is 5.95. The number of nitrogens with zero attached hydrogens (tertiary/aromatic N) is 2. The molecule has 0 unspecified atom stereocenters. The molecular formula is C25H32ClN3O2. The van der Waals surface area contributed by atoms with E-state index in [9.17, 15) is 4.79 Å². The standard InChI is InChI=1S/C25H32ClN3O2/c1-19(29-15-16-31-24(18-29)21-7-9-22(26)10-8-21)25(30)27-23-11-13-28(14-12-23)17-20-5-3-2-4-6-20/h2-10,19,23-24H,11-18H2,1H3,(H,27,30)/t19-,24+/m0/s1. The number of hydrogen-bond donors (Lipinski definition) is 1. The monoisotopic (exact) mass is 441 g/mol. The van der Waals surface area contributed by atoms with E-state index in [1.807, 2.05) is 31.2 Å². The van der Waals surface area contributed by atoms with Gasteiger partial charge in [-0.3, -0.25) is 14.6 Å². The fraction of sp³-hybridized carbons (Fsp3) is 0.480. The van der Waals surface area contributed by atoms with Crippen molar-refractivity contribution in [2.75, 3.05) is 32.8 Å².